The summed E-state index contributed by atoms with van der Waals surface area (Å²) in [5, 5.41) is 4.49. The van der Waals surface area contributed by atoms with E-state index in [1.807, 2.05) is 77.7 Å². The van der Waals surface area contributed by atoms with Gasteiger partial charge in [0.05, 0.1) is 11.4 Å². The summed E-state index contributed by atoms with van der Waals surface area (Å²) in [6.45, 7) is 7.73. The minimum atomic E-state index is -0.563. The first-order chi connectivity index (χ1) is 18.0. The highest BCUT2D eigenvalue weighted by Gasteiger charge is 2.20. The topological polar surface area (TPSA) is 98.5 Å². The second kappa shape index (κ2) is 14.5. The lowest BCUT2D eigenvalue weighted by molar-refractivity contribution is 0.273. The van der Waals surface area contributed by atoms with Crippen LogP contribution in [0, 0.1) is 0 Å². The van der Waals surface area contributed by atoms with Crippen molar-refractivity contribution in [3.8, 4) is 5.75 Å². The summed E-state index contributed by atoms with van der Waals surface area (Å²) in [4.78, 5) is 11.3. The van der Waals surface area contributed by atoms with Gasteiger partial charge in [0.1, 0.15) is 19.0 Å². The van der Waals surface area contributed by atoms with Crippen molar-refractivity contribution in [2.24, 2.45) is 21.8 Å². The van der Waals surface area contributed by atoms with Gasteiger partial charge in [-0.05, 0) is 35.4 Å². The van der Waals surface area contributed by atoms with Crippen molar-refractivity contribution in [1.82, 2.24) is 0 Å². The third-order valence-corrected chi connectivity index (χ3v) is 6.07. The summed E-state index contributed by atoms with van der Waals surface area (Å²) in [5.41, 5.74) is 3.94. The van der Waals surface area contributed by atoms with E-state index in [2.05, 4.69) is 23.3 Å². The van der Waals surface area contributed by atoms with Crippen LogP contribution in [-0.4, -0.2) is 30.1 Å². The van der Waals surface area contributed by atoms with Crippen molar-refractivity contribution in [3.05, 3.63) is 115 Å². The molecule has 0 spiro atoms. The number of amidine groups is 1. The number of benzene rings is 3. The highest BCUT2D eigenvalue weighted by atomic mass is 32.2. The first kappa shape index (κ1) is 27.5. The monoisotopic (exact) mass is 519 g/mol. The van der Waals surface area contributed by atoms with Crippen molar-refractivity contribution in [2.45, 2.75) is 6.42 Å². The molecule has 192 valence electrons. The molecule has 0 bridgehead atoms. The Balaban J connectivity index is 1.83. The Morgan fingerprint density at radius 3 is 2.19 bits per heavy atom. The van der Waals surface area contributed by atoms with Crippen molar-refractivity contribution >= 4 is 34.2 Å². The summed E-state index contributed by atoms with van der Waals surface area (Å²) < 4.78 is 17.9. The Bertz CT molecular complexity index is 1220. The SMILES string of the molecule is C=C(N=C(CS/C(=N/N)N(C(=C)Cc1ccccc1)c1ccc(OCCF)cc1)ON)c1ccccc1. The lowest BCUT2D eigenvalue weighted by atomic mass is 10.1. The lowest BCUT2D eigenvalue weighted by Gasteiger charge is -2.27. The molecule has 0 heterocycles. The molecule has 0 fully saturated rings. The van der Waals surface area contributed by atoms with Crippen LogP contribution < -0.4 is 21.4 Å². The molecule has 3 aromatic carbocycles. The van der Waals surface area contributed by atoms with E-state index in [0.29, 0.717) is 23.0 Å². The van der Waals surface area contributed by atoms with Crippen LogP contribution in [0.25, 0.3) is 5.70 Å². The van der Waals surface area contributed by atoms with E-state index in [1.165, 1.54) is 11.8 Å². The molecule has 7 nitrogen and oxygen atoms in total. The molecule has 0 aliphatic rings. The molecular weight excluding hydrogens is 489 g/mol. The Morgan fingerprint density at radius 1 is 0.946 bits per heavy atom. The number of alkyl halides is 1. The van der Waals surface area contributed by atoms with Gasteiger partial charge in [-0.3, -0.25) is 4.90 Å². The number of thioether (sulfide) groups is 1. The van der Waals surface area contributed by atoms with Crippen LogP contribution in [-0.2, 0) is 11.3 Å². The van der Waals surface area contributed by atoms with Crippen LogP contribution in [0.1, 0.15) is 11.1 Å². The highest BCUT2D eigenvalue weighted by molar-refractivity contribution is 8.14. The van der Waals surface area contributed by atoms with Gasteiger partial charge in [0.25, 0.3) is 0 Å². The largest absolute Gasteiger partial charge is 0.491 e. The minimum Gasteiger partial charge on any atom is -0.491 e. The number of allylic oxidation sites excluding steroid dienone is 1. The molecule has 3 aromatic rings. The van der Waals surface area contributed by atoms with Gasteiger partial charge in [-0.25, -0.2) is 9.38 Å². The first-order valence-electron chi connectivity index (χ1n) is 11.5. The molecule has 0 atom stereocenters. The van der Waals surface area contributed by atoms with Crippen LogP contribution in [0.2, 0.25) is 0 Å². The van der Waals surface area contributed by atoms with Crippen molar-refractivity contribution in [1.29, 1.82) is 0 Å². The van der Waals surface area contributed by atoms with Gasteiger partial charge in [-0.1, -0.05) is 85.6 Å². The van der Waals surface area contributed by atoms with Gasteiger partial charge in [-0.15, -0.1) is 0 Å². The Labute approximate surface area is 220 Å². The molecule has 3 rings (SSSR count). The van der Waals surface area contributed by atoms with E-state index >= 15 is 0 Å². The number of halogens is 1. The van der Waals surface area contributed by atoms with Gasteiger partial charge < -0.3 is 15.4 Å². The van der Waals surface area contributed by atoms with Gasteiger partial charge in [0.15, 0.2) is 5.17 Å². The maximum Gasteiger partial charge on any atom is 0.224 e. The standard InChI is InChI=1S/C28H30FN5O2S/c1-21(19-23-9-5-3-6-10-23)34(25-13-15-26(16-14-25)35-18-17-29)28(33-30)37-20-27(36-31)32-22(2)24-11-7-4-8-12-24/h3-16H,1-2,17-20,30-31H2/b32-27?,33-28+. The van der Waals surface area contributed by atoms with E-state index in [1.54, 1.807) is 12.1 Å². The Morgan fingerprint density at radius 2 is 1.59 bits per heavy atom. The molecule has 37 heavy (non-hydrogen) atoms. The van der Waals surface area contributed by atoms with Crippen molar-refractivity contribution in [2.75, 3.05) is 23.9 Å². The molecule has 0 aromatic heterocycles. The van der Waals surface area contributed by atoms with Crippen molar-refractivity contribution < 1.29 is 14.0 Å². The number of ether oxygens (including phenoxy) is 1. The maximum atomic E-state index is 12.5. The van der Waals surface area contributed by atoms with Crippen LogP contribution in [0.4, 0.5) is 10.1 Å². The van der Waals surface area contributed by atoms with E-state index < -0.39 is 6.67 Å². The summed E-state index contributed by atoms with van der Waals surface area (Å²) in [6, 6.07) is 26.6. The zero-order chi connectivity index (χ0) is 26.5. The first-order valence-corrected chi connectivity index (χ1v) is 12.4. The molecule has 0 saturated carbocycles. The average molecular weight is 520 g/mol. The van der Waals surface area contributed by atoms with E-state index in [0.717, 1.165) is 22.5 Å². The maximum absolute atomic E-state index is 12.5. The summed E-state index contributed by atoms with van der Waals surface area (Å²) in [5.74, 6) is 12.4. The number of nitrogens with two attached hydrogens (primary N) is 2. The van der Waals surface area contributed by atoms with Crippen LogP contribution in [0.5, 0.6) is 5.75 Å². The highest BCUT2D eigenvalue weighted by Crippen LogP contribution is 2.28. The fourth-order valence-electron chi connectivity index (χ4n) is 3.41. The van der Waals surface area contributed by atoms with Gasteiger partial charge in [0.2, 0.25) is 5.90 Å². The zero-order valence-corrected chi connectivity index (χ0v) is 21.2. The Hall–Kier alpha value is -4.08. The van der Waals surface area contributed by atoms with E-state index in [-0.39, 0.29) is 18.3 Å². The van der Waals surface area contributed by atoms with Gasteiger partial charge in [0, 0.05) is 17.8 Å². The third-order valence-electron chi connectivity index (χ3n) is 5.14. The number of hydrogen-bond donors (Lipinski definition) is 2. The van der Waals surface area contributed by atoms with E-state index in [4.69, 9.17) is 21.3 Å². The van der Waals surface area contributed by atoms with Crippen LogP contribution >= 0.6 is 11.8 Å². The molecule has 0 aliphatic heterocycles. The molecular formula is C28H30FN5O2S. The lowest BCUT2D eigenvalue weighted by Crippen LogP contribution is -2.30. The number of hydrazone groups is 1. The van der Waals surface area contributed by atoms with Crippen molar-refractivity contribution in [3.63, 3.8) is 0 Å². The number of nitrogens with zero attached hydrogens (tertiary/aromatic N) is 3. The molecule has 4 N–H and O–H groups in total. The smallest absolute Gasteiger partial charge is 0.224 e. The predicted molar refractivity (Wildman–Crippen MR) is 152 cm³/mol. The summed E-state index contributed by atoms with van der Waals surface area (Å²) in [7, 11) is 0. The molecule has 0 radical (unpaired) electrons. The number of rotatable bonds is 11. The number of hydrogen-bond acceptors (Lipinski definition) is 7. The molecule has 9 heteroatoms. The zero-order valence-electron chi connectivity index (χ0n) is 20.4. The normalized spacial score (nSPS) is 11.6. The van der Waals surface area contributed by atoms with Crippen LogP contribution in [0.15, 0.2) is 114 Å². The average Bonchev–Trinajstić information content (AvgIpc) is 2.94. The quantitative estimate of drug-likeness (QED) is 0.150. The summed E-state index contributed by atoms with van der Waals surface area (Å²) >= 11 is 1.28. The predicted octanol–water partition coefficient (Wildman–Crippen LogP) is 5.52. The number of aliphatic imine (C=N–C) groups is 1. The molecule has 0 aliphatic carbocycles. The summed E-state index contributed by atoms with van der Waals surface area (Å²) in [6.07, 6.45) is 0.555. The number of anilines is 1. The van der Waals surface area contributed by atoms with Crippen LogP contribution in [0.3, 0.4) is 0 Å². The second-order valence-electron chi connectivity index (χ2n) is 7.73. The van der Waals surface area contributed by atoms with Gasteiger partial charge in [-0.2, -0.15) is 11.0 Å². The fraction of sp³-hybridized carbons (Fsp3) is 0.143. The molecule has 0 unspecified atom stereocenters. The van der Waals surface area contributed by atoms with E-state index in [9.17, 15) is 4.39 Å². The molecule has 0 amide bonds. The van der Waals surface area contributed by atoms with Gasteiger partial charge >= 0.3 is 0 Å². The molecule has 0 saturated heterocycles. The second-order valence-corrected chi connectivity index (χ2v) is 8.67. The Kier molecular flexibility index (Phi) is 10.8. The third kappa shape index (κ3) is 8.23. The fourth-order valence-corrected chi connectivity index (χ4v) is 4.23. The minimum absolute atomic E-state index is 0.00932.